The molecule has 0 radical (unpaired) electrons. The zero-order chi connectivity index (χ0) is 18.6. The summed E-state index contributed by atoms with van der Waals surface area (Å²) in [5, 5.41) is 5.93. The number of amides is 1. The minimum atomic E-state index is -0.183. The van der Waals surface area contributed by atoms with E-state index in [1.54, 1.807) is 36.1 Å². The lowest BCUT2D eigenvalue weighted by molar-refractivity contribution is 0.0950. The summed E-state index contributed by atoms with van der Waals surface area (Å²) in [6.45, 7) is 3.10. The average molecular weight is 378 g/mol. The quantitative estimate of drug-likeness (QED) is 0.558. The van der Waals surface area contributed by atoms with Gasteiger partial charge in [-0.05, 0) is 24.1 Å². The van der Waals surface area contributed by atoms with Crippen LogP contribution >= 0.6 is 11.3 Å². The number of nitrogens with zero attached hydrogens (tertiary/aromatic N) is 5. The molecule has 4 aromatic rings. The first-order valence-electron chi connectivity index (χ1n) is 8.64. The number of hydrogen-bond donors (Lipinski definition) is 1. The Kier molecular flexibility index (Phi) is 4.88. The SMILES string of the molecule is CCc1nc(CNC(=O)c2cnc3c(c2)ncn3Cc2cccnc2)cs1. The third kappa shape index (κ3) is 3.85. The lowest BCUT2D eigenvalue weighted by atomic mass is 10.2. The fourth-order valence-corrected chi connectivity index (χ4v) is 3.49. The summed E-state index contributed by atoms with van der Waals surface area (Å²) < 4.78 is 1.94. The standard InChI is InChI=1S/C19H18N6OS/c1-2-17-24-15(11-27-17)9-22-19(26)14-6-16-18(21-8-14)25(12-23-16)10-13-4-3-5-20-7-13/h3-8,11-12H,2,9-10H2,1H3,(H,22,26). The molecule has 0 atom stereocenters. The lowest BCUT2D eigenvalue weighted by Crippen LogP contribution is -2.23. The Morgan fingerprint density at radius 3 is 3.00 bits per heavy atom. The summed E-state index contributed by atoms with van der Waals surface area (Å²) in [5.41, 5.74) is 3.85. The van der Waals surface area contributed by atoms with Crippen LogP contribution in [0, 0.1) is 0 Å². The molecule has 0 aliphatic heterocycles. The van der Waals surface area contributed by atoms with Crippen molar-refractivity contribution in [3.05, 3.63) is 70.3 Å². The Bertz CT molecular complexity index is 1070. The minimum Gasteiger partial charge on any atom is -0.346 e. The predicted octanol–water partition coefficient (Wildman–Crippen LogP) is 2.82. The largest absolute Gasteiger partial charge is 0.346 e. The van der Waals surface area contributed by atoms with Gasteiger partial charge in [0, 0.05) is 24.0 Å². The summed E-state index contributed by atoms with van der Waals surface area (Å²) >= 11 is 1.61. The van der Waals surface area contributed by atoms with Crippen molar-refractivity contribution in [2.75, 3.05) is 0 Å². The van der Waals surface area contributed by atoms with Crippen molar-refractivity contribution in [2.45, 2.75) is 26.4 Å². The van der Waals surface area contributed by atoms with E-state index < -0.39 is 0 Å². The van der Waals surface area contributed by atoms with Crippen LogP contribution in [-0.4, -0.2) is 30.4 Å². The lowest BCUT2D eigenvalue weighted by Gasteiger charge is -2.05. The topological polar surface area (TPSA) is 85.6 Å². The molecule has 1 N–H and O–H groups in total. The molecule has 4 heterocycles. The van der Waals surface area contributed by atoms with Gasteiger partial charge in [0.1, 0.15) is 5.52 Å². The van der Waals surface area contributed by atoms with Crippen molar-refractivity contribution in [1.82, 2.24) is 29.8 Å². The van der Waals surface area contributed by atoms with Crippen molar-refractivity contribution in [2.24, 2.45) is 0 Å². The molecule has 0 aliphatic carbocycles. The van der Waals surface area contributed by atoms with Gasteiger partial charge in [-0.2, -0.15) is 0 Å². The second kappa shape index (κ2) is 7.63. The third-order valence-corrected chi connectivity index (χ3v) is 5.17. The maximum Gasteiger partial charge on any atom is 0.253 e. The number of rotatable bonds is 6. The molecular formula is C19H18N6OS. The Morgan fingerprint density at radius 2 is 2.22 bits per heavy atom. The fraction of sp³-hybridized carbons (Fsp3) is 0.211. The Labute approximate surface area is 160 Å². The first kappa shape index (κ1) is 17.3. The number of pyridine rings is 2. The summed E-state index contributed by atoms with van der Waals surface area (Å²) in [4.78, 5) is 29.8. The van der Waals surface area contributed by atoms with Crippen LogP contribution in [0.4, 0.5) is 0 Å². The van der Waals surface area contributed by atoms with Gasteiger partial charge in [0.25, 0.3) is 5.91 Å². The van der Waals surface area contributed by atoms with Gasteiger partial charge < -0.3 is 9.88 Å². The van der Waals surface area contributed by atoms with Crippen molar-refractivity contribution in [1.29, 1.82) is 0 Å². The molecule has 0 aliphatic rings. The maximum absolute atomic E-state index is 12.4. The van der Waals surface area contributed by atoms with Crippen molar-refractivity contribution >= 4 is 28.4 Å². The van der Waals surface area contributed by atoms with E-state index in [0.717, 1.165) is 28.3 Å². The molecule has 0 saturated carbocycles. The first-order valence-corrected chi connectivity index (χ1v) is 9.52. The maximum atomic E-state index is 12.4. The smallest absolute Gasteiger partial charge is 0.253 e. The molecule has 4 rings (SSSR count). The second-order valence-electron chi connectivity index (χ2n) is 6.07. The molecule has 0 unspecified atom stereocenters. The number of imidazole rings is 1. The zero-order valence-electron chi connectivity index (χ0n) is 14.8. The van der Waals surface area contributed by atoms with Crippen LogP contribution < -0.4 is 5.32 Å². The highest BCUT2D eigenvalue weighted by Crippen LogP contribution is 2.14. The van der Waals surface area contributed by atoms with E-state index in [0.29, 0.717) is 24.2 Å². The van der Waals surface area contributed by atoms with Gasteiger partial charge in [-0.25, -0.2) is 15.0 Å². The summed E-state index contributed by atoms with van der Waals surface area (Å²) in [7, 11) is 0. The molecule has 136 valence electrons. The van der Waals surface area contributed by atoms with Gasteiger partial charge in [0.05, 0.1) is 35.7 Å². The highest BCUT2D eigenvalue weighted by molar-refractivity contribution is 7.09. The molecular weight excluding hydrogens is 360 g/mol. The summed E-state index contributed by atoms with van der Waals surface area (Å²) in [6.07, 6.45) is 7.77. The second-order valence-corrected chi connectivity index (χ2v) is 7.01. The predicted molar refractivity (Wildman–Crippen MR) is 104 cm³/mol. The Balaban J connectivity index is 1.47. The van der Waals surface area contributed by atoms with Crippen LogP contribution in [0.1, 0.15) is 33.5 Å². The molecule has 7 nitrogen and oxygen atoms in total. The van der Waals surface area contributed by atoms with Gasteiger partial charge >= 0.3 is 0 Å². The molecule has 0 saturated heterocycles. The number of carbonyl (C=O) groups excluding carboxylic acids is 1. The highest BCUT2D eigenvalue weighted by Gasteiger charge is 2.11. The van der Waals surface area contributed by atoms with E-state index in [9.17, 15) is 4.79 Å². The van der Waals surface area contributed by atoms with Gasteiger partial charge in [0.15, 0.2) is 5.65 Å². The molecule has 27 heavy (non-hydrogen) atoms. The number of aromatic nitrogens is 5. The fourth-order valence-electron chi connectivity index (χ4n) is 2.74. The number of fused-ring (bicyclic) bond motifs is 1. The van der Waals surface area contributed by atoms with Gasteiger partial charge in [-0.15, -0.1) is 11.3 Å². The van der Waals surface area contributed by atoms with Crippen LogP contribution in [0.3, 0.4) is 0 Å². The number of nitrogens with one attached hydrogen (secondary N) is 1. The van der Waals surface area contributed by atoms with Gasteiger partial charge in [0.2, 0.25) is 0 Å². The molecule has 8 heteroatoms. The molecule has 1 amide bonds. The van der Waals surface area contributed by atoms with Gasteiger partial charge in [-0.3, -0.25) is 9.78 Å². The number of aryl methyl sites for hydroxylation is 1. The van der Waals surface area contributed by atoms with Crippen molar-refractivity contribution < 1.29 is 4.79 Å². The van der Waals surface area contributed by atoms with Gasteiger partial charge in [-0.1, -0.05) is 13.0 Å². The Morgan fingerprint density at radius 1 is 1.30 bits per heavy atom. The van der Waals surface area contributed by atoms with Crippen LogP contribution in [-0.2, 0) is 19.5 Å². The van der Waals surface area contributed by atoms with E-state index in [2.05, 4.69) is 32.2 Å². The molecule has 4 aromatic heterocycles. The monoisotopic (exact) mass is 378 g/mol. The summed E-state index contributed by atoms with van der Waals surface area (Å²) in [5.74, 6) is -0.183. The molecule has 0 bridgehead atoms. The number of thiazole rings is 1. The number of hydrogen-bond acceptors (Lipinski definition) is 6. The van der Waals surface area contributed by atoms with E-state index in [4.69, 9.17) is 0 Å². The first-order chi connectivity index (χ1) is 13.2. The minimum absolute atomic E-state index is 0.183. The van der Waals surface area contributed by atoms with Crippen LogP contribution in [0.25, 0.3) is 11.2 Å². The number of carbonyl (C=O) groups is 1. The molecule has 0 spiro atoms. The Hall–Kier alpha value is -3.13. The van der Waals surface area contributed by atoms with Crippen LogP contribution in [0.5, 0.6) is 0 Å². The van der Waals surface area contributed by atoms with E-state index in [1.165, 1.54) is 0 Å². The average Bonchev–Trinajstić information content (AvgIpc) is 3.33. The molecule has 0 aromatic carbocycles. The van der Waals surface area contributed by atoms with Crippen LogP contribution in [0.2, 0.25) is 0 Å². The summed E-state index contributed by atoms with van der Waals surface area (Å²) in [6, 6.07) is 5.66. The van der Waals surface area contributed by atoms with E-state index >= 15 is 0 Å². The van der Waals surface area contributed by atoms with E-state index in [-0.39, 0.29) is 5.91 Å². The van der Waals surface area contributed by atoms with Crippen molar-refractivity contribution in [3.8, 4) is 0 Å². The molecule has 0 fully saturated rings. The normalized spacial score (nSPS) is 11.0. The zero-order valence-corrected chi connectivity index (χ0v) is 15.6. The van der Waals surface area contributed by atoms with Crippen molar-refractivity contribution in [3.63, 3.8) is 0 Å². The van der Waals surface area contributed by atoms with E-state index in [1.807, 2.05) is 28.3 Å². The van der Waals surface area contributed by atoms with Crippen LogP contribution in [0.15, 0.2) is 48.5 Å². The third-order valence-electron chi connectivity index (χ3n) is 4.13. The highest BCUT2D eigenvalue weighted by atomic mass is 32.1.